The Kier molecular flexibility index (Phi) is 2.70. The number of carbonyl (C=O) groups is 2. The van der Waals surface area contributed by atoms with Crippen LogP contribution in [0, 0.1) is 11.8 Å². The molecule has 22 heavy (non-hydrogen) atoms. The number of ether oxygens (including phenoxy) is 2. The largest absolute Gasteiger partial charge is 0.497 e. The van der Waals surface area contributed by atoms with Crippen LogP contribution < -0.4 is 9.64 Å². The Balaban J connectivity index is 1.72. The number of aliphatic hydroxyl groups excluding tert-OH is 1. The van der Waals surface area contributed by atoms with Crippen LogP contribution in [-0.4, -0.2) is 42.3 Å². The van der Waals surface area contributed by atoms with Crippen molar-refractivity contribution >= 4 is 17.5 Å². The number of hydrogen-bond donors (Lipinski definition) is 1. The molecule has 0 spiro atoms. The highest BCUT2D eigenvalue weighted by atomic mass is 16.5. The summed E-state index contributed by atoms with van der Waals surface area (Å²) in [6.07, 6.45) is 3.04. The van der Waals surface area contributed by atoms with Crippen LogP contribution in [0.4, 0.5) is 5.69 Å². The fourth-order valence-corrected chi connectivity index (χ4v) is 3.67. The lowest BCUT2D eigenvalue weighted by atomic mass is 9.77. The number of benzene rings is 1. The Hall–Kier alpha value is -2.18. The number of hydrogen-bond acceptors (Lipinski definition) is 5. The van der Waals surface area contributed by atoms with E-state index in [1.807, 2.05) is 0 Å². The van der Waals surface area contributed by atoms with Gasteiger partial charge >= 0.3 is 0 Å². The van der Waals surface area contributed by atoms with Gasteiger partial charge in [0, 0.05) is 0 Å². The number of carbonyl (C=O) groups excluding carboxylic acids is 2. The molecule has 0 saturated carbocycles. The fourth-order valence-electron chi connectivity index (χ4n) is 3.67. The maximum absolute atomic E-state index is 12.8. The van der Waals surface area contributed by atoms with E-state index < -0.39 is 23.5 Å². The third kappa shape index (κ3) is 1.51. The zero-order valence-corrected chi connectivity index (χ0v) is 11.9. The van der Waals surface area contributed by atoms with Crippen molar-refractivity contribution in [2.24, 2.45) is 11.8 Å². The lowest BCUT2D eigenvalue weighted by Crippen LogP contribution is -2.43. The summed E-state index contributed by atoms with van der Waals surface area (Å²) >= 11 is 0. The number of fused-ring (bicyclic) bond motifs is 5. The number of amides is 2. The molecule has 114 valence electrons. The quantitative estimate of drug-likeness (QED) is 0.650. The molecule has 3 heterocycles. The van der Waals surface area contributed by atoms with Crippen molar-refractivity contribution in [3.05, 3.63) is 36.4 Å². The predicted octanol–water partition coefficient (Wildman–Crippen LogP) is 0.500. The average molecular weight is 301 g/mol. The van der Waals surface area contributed by atoms with Crippen LogP contribution >= 0.6 is 0 Å². The lowest BCUT2D eigenvalue weighted by Gasteiger charge is -2.26. The van der Waals surface area contributed by atoms with Gasteiger partial charge in [-0.3, -0.25) is 9.59 Å². The molecule has 2 fully saturated rings. The van der Waals surface area contributed by atoms with Crippen molar-refractivity contribution in [1.29, 1.82) is 0 Å². The van der Waals surface area contributed by atoms with Crippen molar-refractivity contribution in [2.45, 2.75) is 11.7 Å². The zero-order valence-electron chi connectivity index (χ0n) is 11.9. The average Bonchev–Trinajstić information content (AvgIpc) is 3.19. The summed E-state index contributed by atoms with van der Waals surface area (Å²) in [4.78, 5) is 26.6. The lowest BCUT2D eigenvalue weighted by molar-refractivity contribution is -0.128. The van der Waals surface area contributed by atoms with Gasteiger partial charge < -0.3 is 14.6 Å². The predicted molar refractivity (Wildman–Crippen MR) is 76.3 cm³/mol. The number of aliphatic hydroxyl groups is 1. The van der Waals surface area contributed by atoms with Crippen molar-refractivity contribution in [3.63, 3.8) is 0 Å². The first-order valence-corrected chi connectivity index (χ1v) is 7.11. The van der Waals surface area contributed by atoms with Crippen LogP contribution in [0.2, 0.25) is 0 Å². The van der Waals surface area contributed by atoms with E-state index in [2.05, 4.69) is 0 Å². The van der Waals surface area contributed by atoms with Crippen molar-refractivity contribution in [3.8, 4) is 5.75 Å². The summed E-state index contributed by atoms with van der Waals surface area (Å²) in [5, 5.41) is 9.64. The molecule has 2 bridgehead atoms. The van der Waals surface area contributed by atoms with Gasteiger partial charge in [-0.2, -0.15) is 0 Å². The standard InChI is InChI=1S/C16H15NO5/c1-21-10-4-2-9(3-5-10)17-14(19)12-11-6-7-16(8-18,22-11)13(12)15(17)20/h2-7,11-13,18H,8H2,1H3/t11-,12-,13-,16+/m1/s1. The van der Waals surface area contributed by atoms with E-state index >= 15 is 0 Å². The molecule has 0 unspecified atom stereocenters. The van der Waals surface area contributed by atoms with Crippen LogP contribution in [0.5, 0.6) is 5.75 Å². The molecule has 1 aromatic rings. The normalized spacial score (nSPS) is 35.4. The molecule has 6 nitrogen and oxygen atoms in total. The molecule has 4 atom stereocenters. The van der Waals surface area contributed by atoms with Crippen LogP contribution in [0.25, 0.3) is 0 Å². The fraction of sp³-hybridized carbons (Fsp3) is 0.375. The number of nitrogens with zero attached hydrogens (tertiary/aromatic N) is 1. The minimum Gasteiger partial charge on any atom is -0.497 e. The van der Waals surface area contributed by atoms with Crippen molar-refractivity contribution < 1.29 is 24.2 Å². The van der Waals surface area contributed by atoms with Gasteiger partial charge in [0.25, 0.3) is 0 Å². The van der Waals surface area contributed by atoms with Crippen LogP contribution in [0.1, 0.15) is 0 Å². The monoisotopic (exact) mass is 301 g/mol. The van der Waals surface area contributed by atoms with Crippen LogP contribution in [0.15, 0.2) is 36.4 Å². The SMILES string of the molecule is COc1ccc(N2C(=O)[C@@H]3[C@H]4C=C[C@@](CO)(O4)[C@H]3C2=O)cc1. The summed E-state index contributed by atoms with van der Waals surface area (Å²) in [7, 11) is 1.55. The molecule has 2 saturated heterocycles. The molecule has 0 aliphatic carbocycles. The van der Waals surface area contributed by atoms with E-state index in [1.54, 1.807) is 43.5 Å². The molecule has 1 aromatic carbocycles. The molecule has 6 heteroatoms. The van der Waals surface area contributed by atoms with E-state index in [4.69, 9.17) is 9.47 Å². The van der Waals surface area contributed by atoms with Gasteiger partial charge in [-0.15, -0.1) is 0 Å². The first-order chi connectivity index (χ1) is 10.6. The van der Waals surface area contributed by atoms with Gasteiger partial charge in [0.1, 0.15) is 11.4 Å². The molecule has 2 amide bonds. The third-order valence-electron chi connectivity index (χ3n) is 4.73. The van der Waals surface area contributed by atoms with Crippen LogP contribution in [-0.2, 0) is 14.3 Å². The Bertz CT molecular complexity index is 682. The minimum absolute atomic E-state index is 0.273. The van der Waals surface area contributed by atoms with Crippen LogP contribution in [0.3, 0.4) is 0 Å². The van der Waals surface area contributed by atoms with Gasteiger partial charge in [0.05, 0.1) is 37.3 Å². The Morgan fingerprint density at radius 3 is 2.64 bits per heavy atom. The maximum atomic E-state index is 12.8. The summed E-state index contributed by atoms with van der Waals surface area (Å²) in [6.45, 7) is -0.309. The molecule has 3 aliphatic heterocycles. The van der Waals surface area contributed by atoms with E-state index in [9.17, 15) is 14.7 Å². The Labute approximate surface area is 126 Å². The second-order valence-corrected chi connectivity index (χ2v) is 5.77. The smallest absolute Gasteiger partial charge is 0.241 e. The highest BCUT2D eigenvalue weighted by Gasteiger charge is 2.67. The van der Waals surface area contributed by atoms with Gasteiger partial charge in [-0.25, -0.2) is 4.90 Å². The minimum atomic E-state index is -1.05. The summed E-state index contributed by atoms with van der Waals surface area (Å²) in [5.41, 5.74) is -0.541. The number of methoxy groups -OCH3 is 1. The topological polar surface area (TPSA) is 76.1 Å². The van der Waals surface area contributed by atoms with E-state index in [0.29, 0.717) is 11.4 Å². The Morgan fingerprint density at radius 2 is 2.00 bits per heavy atom. The Morgan fingerprint density at radius 1 is 1.27 bits per heavy atom. The molecule has 0 aromatic heterocycles. The highest BCUT2D eigenvalue weighted by molar-refractivity contribution is 6.23. The summed E-state index contributed by atoms with van der Waals surface area (Å²) in [5.74, 6) is -1.14. The van der Waals surface area contributed by atoms with Gasteiger partial charge in [-0.05, 0) is 24.3 Å². The van der Waals surface area contributed by atoms with Crippen molar-refractivity contribution in [2.75, 3.05) is 18.6 Å². The van der Waals surface area contributed by atoms with Crippen molar-refractivity contribution in [1.82, 2.24) is 0 Å². The number of imide groups is 1. The number of rotatable bonds is 3. The molecular formula is C16H15NO5. The van der Waals surface area contributed by atoms with E-state index in [-0.39, 0.29) is 18.4 Å². The van der Waals surface area contributed by atoms with Gasteiger partial charge in [-0.1, -0.05) is 12.2 Å². The summed E-state index contributed by atoms with van der Waals surface area (Å²) in [6, 6.07) is 6.76. The van der Waals surface area contributed by atoms with Gasteiger partial charge in [0.15, 0.2) is 0 Å². The first kappa shape index (κ1) is 13.5. The molecule has 1 N–H and O–H groups in total. The van der Waals surface area contributed by atoms with E-state index in [0.717, 1.165) is 0 Å². The number of anilines is 1. The second-order valence-electron chi connectivity index (χ2n) is 5.77. The summed E-state index contributed by atoms with van der Waals surface area (Å²) < 4.78 is 10.8. The molecular weight excluding hydrogens is 286 g/mol. The molecule has 3 aliphatic rings. The zero-order chi connectivity index (χ0) is 15.5. The van der Waals surface area contributed by atoms with Gasteiger partial charge in [0.2, 0.25) is 11.8 Å². The highest BCUT2D eigenvalue weighted by Crippen LogP contribution is 2.52. The van der Waals surface area contributed by atoms with E-state index in [1.165, 1.54) is 4.90 Å². The first-order valence-electron chi connectivity index (χ1n) is 7.11. The maximum Gasteiger partial charge on any atom is 0.241 e. The third-order valence-corrected chi connectivity index (χ3v) is 4.73. The molecule has 4 rings (SSSR count). The second kappa shape index (κ2) is 4.41. The molecule has 0 radical (unpaired) electrons.